The van der Waals surface area contributed by atoms with E-state index >= 15 is 0 Å². The van der Waals surface area contributed by atoms with Gasteiger partial charge in [-0.1, -0.05) is 32.9 Å². The highest BCUT2D eigenvalue weighted by atomic mass is 16.5. The van der Waals surface area contributed by atoms with Crippen molar-refractivity contribution in [3.05, 3.63) is 29.8 Å². The molecule has 0 aliphatic rings. The first-order valence-electron chi connectivity index (χ1n) is 7.57. The van der Waals surface area contributed by atoms with E-state index < -0.39 is 5.97 Å². The molecule has 5 heteroatoms. The maximum absolute atomic E-state index is 11.3. The van der Waals surface area contributed by atoms with Gasteiger partial charge in [0, 0.05) is 6.42 Å². The van der Waals surface area contributed by atoms with Crippen LogP contribution in [0.5, 0.6) is 5.75 Å². The van der Waals surface area contributed by atoms with Crippen LogP contribution in [0.2, 0.25) is 0 Å². The van der Waals surface area contributed by atoms with Crippen LogP contribution in [0.15, 0.2) is 24.3 Å². The van der Waals surface area contributed by atoms with E-state index in [-0.39, 0.29) is 24.3 Å². The van der Waals surface area contributed by atoms with E-state index in [4.69, 9.17) is 9.84 Å². The lowest BCUT2D eigenvalue weighted by molar-refractivity contribution is -0.137. The second-order valence-electron chi connectivity index (χ2n) is 5.88. The van der Waals surface area contributed by atoms with E-state index in [2.05, 4.69) is 38.2 Å². The molecule has 0 aliphatic heterocycles. The van der Waals surface area contributed by atoms with Crippen LogP contribution < -0.4 is 10.1 Å². The molecule has 0 unspecified atom stereocenters. The minimum Gasteiger partial charge on any atom is -0.494 e. The van der Waals surface area contributed by atoms with Crippen molar-refractivity contribution in [1.29, 1.82) is 0 Å². The lowest BCUT2D eigenvalue weighted by Crippen LogP contribution is -2.29. The summed E-state index contributed by atoms with van der Waals surface area (Å²) in [6.45, 7) is 6.67. The van der Waals surface area contributed by atoms with Gasteiger partial charge < -0.3 is 15.2 Å². The molecule has 0 bridgehead atoms. The number of carboxylic acids is 1. The Kier molecular flexibility index (Phi) is 6.89. The van der Waals surface area contributed by atoms with Gasteiger partial charge in [0.25, 0.3) is 0 Å². The second kappa shape index (κ2) is 8.41. The normalized spacial score (nSPS) is 11.0. The van der Waals surface area contributed by atoms with Gasteiger partial charge in [0.1, 0.15) is 12.3 Å². The number of benzene rings is 1. The van der Waals surface area contributed by atoms with Gasteiger partial charge in [-0.3, -0.25) is 9.59 Å². The first-order valence-corrected chi connectivity index (χ1v) is 7.57. The van der Waals surface area contributed by atoms with Crippen molar-refractivity contribution in [1.82, 2.24) is 5.32 Å². The van der Waals surface area contributed by atoms with Crippen molar-refractivity contribution in [3.63, 3.8) is 0 Å². The molecule has 1 aromatic carbocycles. The van der Waals surface area contributed by atoms with E-state index in [1.807, 2.05) is 12.1 Å². The molecule has 5 nitrogen and oxygen atoms in total. The minimum absolute atomic E-state index is 0.154. The molecule has 0 spiro atoms. The number of amides is 1. The van der Waals surface area contributed by atoms with Crippen LogP contribution in [-0.4, -0.2) is 30.1 Å². The molecule has 0 aliphatic carbocycles. The Morgan fingerprint density at radius 2 is 1.86 bits per heavy atom. The summed E-state index contributed by atoms with van der Waals surface area (Å²) in [5.74, 6) is -0.535. The molecule has 1 aromatic rings. The molecule has 0 fully saturated rings. The third-order valence-corrected chi connectivity index (χ3v) is 3.77. The van der Waals surface area contributed by atoms with Gasteiger partial charge in [0.2, 0.25) is 5.91 Å². The topological polar surface area (TPSA) is 75.6 Å². The van der Waals surface area contributed by atoms with Crippen molar-refractivity contribution in [2.24, 2.45) is 0 Å². The molecular weight excluding hydrogens is 282 g/mol. The molecule has 0 radical (unpaired) electrons. The number of rotatable bonds is 9. The molecule has 0 saturated carbocycles. The molecule has 22 heavy (non-hydrogen) atoms. The summed E-state index contributed by atoms with van der Waals surface area (Å²) in [5.41, 5.74) is 1.43. The van der Waals surface area contributed by atoms with Gasteiger partial charge in [-0.25, -0.2) is 0 Å². The van der Waals surface area contributed by atoms with Gasteiger partial charge in [0.15, 0.2) is 0 Å². The van der Waals surface area contributed by atoms with E-state index in [0.717, 1.165) is 12.2 Å². The summed E-state index contributed by atoms with van der Waals surface area (Å²) in [5, 5.41) is 10.8. The number of nitrogens with one attached hydrogen (secondary N) is 1. The lowest BCUT2D eigenvalue weighted by atomic mass is 9.82. The Balaban J connectivity index is 2.31. The molecule has 0 saturated heterocycles. The quantitative estimate of drug-likeness (QED) is 0.688. The van der Waals surface area contributed by atoms with Crippen LogP contribution >= 0.6 is 0 Å². The van der Waals surface area contributed by atoms with Crippen LogP contribution in [0.4, 0.5) is 0 Å². The molecule has 0 atom stereocenters. The number of aliphatic carboxylic acids is 1. The Labute approximate surface area is 131 Å². The predicted molar refractivity (Wildman–Crippen MR) is 85.1 cm³/mol. The first-order chi connectivity index (χ1) is 10.3. The van der Waals surface area contributed by atoms with Crippen molar-refractivity contribution < 1.29 is 19.4 Å². The minimum atomic E-state index is -1.04. The van der Waals surface area contributed by atoms with Gasteiger partial charge >= 0.3 is 5.97 Å². The zero-order valence-electron chi connectivity index (χ0n) is 13.5. The number of hydrogen-bond acceptors (Lipinski definition) is 3. The average molecular weight is 307 g/mol. The number of carboxylic acid groups (broad SMARTS) is 1. The maximum Gasteiger partial charge on any atom is 0.322 e. The molecule has 0 aromatic heterocycles. The average Bonchev–Trinajstić information content (AvgIpc) is 2.50. The number of hydrogen-bond donors (Lipinski definition) is 2. The van der Waals surface area contributed by atoms with Gasteiger partial charge in [-0.05, 0) is 36.0 Å². The smallest absolute Gasteiger partial charge is 0.322 e. The van der Waals surface area contributed by atoms with Crippen LogP contribution in [0, 0.1) is 0 Å². The fourth-order valence-corrected chi connectivity index (χ4v) is 1.89. The molecule has 0 heterocycles. The van der Waals surface area contributed by atoms with Crippen molar-refractivity contribution in [2.75, 3.05) is 13.2 Å². The summed E-state index contributed by atoms with van der Waals surface area (Å²) < 4.78 is 5.59. The second-order valence-corrected chi connectivity index (χ2v) is 5.88. The van der Waals surface area contributed by atoms with Gasteiger partial charge in [-0.15, -0.1) is 0 Å². The number of carbonyl (C=O) groups excluding carboxylic acids is 1. The molecule has 122 valence electrons. The van der Waals surface area contributed by atoms with Crippen molar-refractivity contribution in [3.8, 4) is 5.75 Å². The lowest BCUT2D eigenvalue weighted by Gasteiger charge is -2.23. The van der Waals surface area contributed by atoms with Crippen LogP contribution in [-0.2, 0) is 15.0 Å². The fourth-order valence-electron chi connectivity index (χ4n) is 1.89. The summed E-state index contributed by atoms with van der Waals surface area (Å²) >= 11 is 0. The third-order valence-electron chi connectivity index (χ3n) is 3.77. The Morgan fingerprint density at radius 1 is 1.23 bits per heavy atom. The highest BCUT2D eigenvalue weighted by Gasteiger charge is 2.17. The summed E-state index contributed by atoms with van der Waals surface area (Å²) in [7, 11) is 0. The van der Waals surface area contributed by atoms with E-state index in [1.165, 1.54) is 5.56 Å². The van der Waals surface area contributed by atoms with E-state index in [1.54, 1.807) is 0 Å². The van der Waals surface area contributed by atoms with Gasteiger partial charge in [0.05, 0.1) is 6.61 Å². The molecule has 1 rings (SSSR count). The monoisotopic (exact) mass is 307 g/mol. The summed E-state index contributed by atoms with van der Waals surface area (Å²) in [6, 6.07) is 8.02. The van der Waals surface area contributed by atoms with Crippen LogP contribution in [0.25, 0.3) is 0 Å². The molecular formula is C17H25NO4. The highest BCUT2D eigenvalue weighted by Crippen LogP contribution is 2.28. The van der Waals surface area contributed by atoms with Crippen LogP contribution in [0.1, 0.15) is 45.6 Å². The standard InChI is InChI=1S/C17H25NO4/c1-4-17(2,3)13-7-9-14(10-8-13)22-11-5-6-15(19)18-12-16(20)21/h7-10H,4-6,11-12H2,1-3H3,(H,18,19)(H,20,21). The largest absolute Gasteiger partial charge is 0.494 e. The predicted octanol–water partition coefficient (Wildman–Crippen LogP) is 2.73. The maximum atomic E-state index is 11.3. The van der Waals surface area contributed by atoms with Gasteiger partial charge in [-0.2, -0.15) is 0 Å². The first kappa shape index (κ1) is 18.0. The molecule has 2 N–H and O–H groups in total. The van der Waals surface area contributed by atoms with E-state index in [9.17, 15) is 9.59 Å². The zero-order valence-corrected chi connectivity index (χ0v) is 13.5. The Bertz CT molecular complexity index is 494. The number of carbonyl (C=O) groups is 2. The summed E-state index contributed by atoms with van der Waals surface area (Å²) in [4.78, 5) is 21.6. The number of ether oxygens (including phenoxy) is 1. The SMILES string of the molecule is CCC(C)(C)c1ccc(OCCCC(=O)NCC(=O)O)cc1. The van der Waals surface area contributed by atoms with Crippen molar-refractivity contribution in [2.45, 2.75) is 45.4 Å². The fraction of sp³-hybridized carbons (Fsp3) is 0.529. The van der Waals surface area contributed by atoms with E-state index in [0.29, 0.717) is 13.0 Å². The molecule has 1 amide bonds. The zero-order chi connectivity index (χ0) is 16.6. The Morgan fingerprint density at radius 3 is 2.41 bits per heavy atom. The highest BCUT2D eigenvalue weighted by molar-refractivity contribution is 5.80. The van der Waals surface area contributed by atoms with Crippen molar-refractivity contribution >= 4 is 11.9 Å². The Hall–Kier alpha value is -2.04. The third kappa shape index (κ3) is 6.16. The van der Waals surface area contributed by atoms with Crippen LogP contribution in [0.3, 0.4) is 0 Å². The summed E-state index contributed by atoms with van der Waals surface area (Å²) in [6.07, 6.45) is 1.88.